The fraction of sp³-hybridized carbons (Fsp3) is 0.111. The molecule has 1 heterocycles. The van der Waals surface area contributed by atoms with Gasteiger partial charge in [-0.3, -0.25) is 14.9 Å². The minimum absolute atomic E-state index is 0.163. The second-order valence-electron chi connectivity index (χ2n) is 3.61. The molecule has 0 aliphatic carbocycles. The Labute approximate surface area is 118 Å². The predicted octanol–water partition coefficient (Wildman–Crippen LogP) is 1.10. The van der Waals surface area contributed by atoms with Gasteiger partial charge in [0, 0.05) is 0 Å². The van der Waals surface area contributed by atoms with Crippen LogP contribution in [0.5, 0.6) is 0 Å². The maximum Gasteiger partial charge on any atom is 0.325 e. The summed E-state index contributed by atoms with van der Waals surface area (Å²) in [6, 6.07) is 1.10. The van der Waals surface area contributed by atoms with Crippen molar-refractivity contribution in [1.29, 1.82) is 0 Å². The van der Waals surface area contributed by atoms with Crippen LogP contribution in [0.15, 0.2) is 22.2 Å². The Morgan fingerprint density at radius 2 is 2.05 bits per heavy atom. The van der Waals surface area contributed by atoms with Crippen LogP contribution in [0.2, 0.25) is 0 Å². The second-order valence-corrected chi connectivity index (χ2v) is 4.59. The third-order valence-electron chi connectivity index (χ3n) is 2.17. The zero-order valence-corrected chi connectivity index (χ0v) is 10.8. The van der Waals surface area contributed by atoms with Gasteiger partial charge in [0.2, 0.25) is 5.16 Å². The average Bonchev–Trinajstić information content (AvgIpc) is 2.79. The second kappa shape index (κ2) is 5.78. The number of hydrogen-bond donors (Lipinski definition) is 1. The van der Waals surface area contributed by atoms with Crippen LogP contribution in [0.25, 0.3) is 0 Å². The van der Waals surface area contributed by atoms with Gasteiger partial charge >= 0.3 is 5.97 Å². The number of benzene rings is 1. The van der Waals surface area contributed by atoms with Gasteiger partial charge < -0.3 is 5.11 Å². The first-order valence-electron chi connectivity index (χ1n) is 5.17. The average molecular weight is 317 g/mol. The zero-order valence-electron chi connectivity index (χ0n) is 9.93. The Kier molecular flexibility index (Phi) is 4.07. The highest BCUT2D eigenvalue weighted by Gasteiger charge is 2.21. The van der Waals surface area contributed by atoms with Crippen LogP contribution in [-0.4, -0.2) is 36.2 Å². The number of aromatic nitrogens is 4. The van der Waals surface area contributed by atoms with Crippen LogP contribution in [0.4, 0.5) is 14.5 Å². The number of hydrogen-bond acceptors (Lipinski definition) is 7. The van der Waals surface area contributed by atoms with E-state index in [0.29, 0.717) is 23.9 Å². The molecule has 2 rings (SSSR count). The molecule has 110 valence electrons. The zero-order chi connectivity index (χ0) is 15.6. The first-order chi connectivity index (χ1) is 9.88. The van der Waals surface area contributed by atoms with Crippen molar-refractivity contribution in [3.63, 3.8) is 0 Å². The van der Waals surface area contributed by atoms with Gasteiger partial charge in [0.1, 0.15) is 18.2 Å². The lowest BCUT2D eigenvalue weighted by molar-refractivity contribution is -0.385. The highest BCUT2D eigenvalue weighted by Crippen LogP contribution is 2.32. The number of halogens is 2. The number of nitro benzene ring substituents is 1. The molecular weight excluding hydrogens is 312 g/mol. The van der Waals surface area contributed by atoms with Crippen molar-refractivity contribution in [2.75, 3.05) is 0 Å². The van der Waals surface area contributed by atoms with Gasteiger partial charge in [-0.1, -0.05) is 0 Å². The summed E-state index contributed by atoms with van der Waals surface area (Å²) in [5.74, 6) is -3.58. The minimum atomic E-state index is -1.24. The summed E-state index contributed by atoms with van der Waals surface area (Å²) in [4.78, 5) is 19.5. The number of rotatable bonds is 5. The molecule has 0 unspecified atom stereocenters. The van der Waals surface area contributed by atoms with Crippen molar-refractivity contribution >= 4 is 23.4 Å². The first kappa shape index (κ1) is 14.8. The molecule has 0 amide bonds. The lowest BCUT2D eigenvalue weighted by Crippen LogP contribution is -2.11. The van der Waals surface area contributed by atoms with Crippen LogP contribution >= 0.6 is 11.8 Å². The predicted molar refractivity (Wildman–Crippen MR) is 62.6 cm³/mol. The van der Waals surface area contributed by atoms with Gasteiger partial charge in [0.25, 0.3) is 5.69 Å². The molecule has 12 heteroatoms. The third kappa shape index (κ3) is 3.28. The Morgan fingerprint density at radius 3 is 2.57 bits per heavy atom. The van der Waals surface area contributed by atoms with Crippen LogP contribution in [0.3, 0.4) is 0 Å². The van der Waals surface area contributed by atoms with Crippen LogP contribution in [0.1, 0.15) is 0 Å². The van der Waals surface area contributed by atoms with Crippen molar-refractivity contribution in [1.82, 2.24) is 20.2 Å². The molecular formula is C9H5F2N5O4S. The van der Waals surface area contributed by atoms with Crippen LogP contribution in [-0.2, 0) is 11.3 Å². The highest BCUT2D eigenvalue weighted by molar-refractivity contribution is 7.99. The van der Waals surface area contributed by atoms with E-state index in [1.165, 1.54) is 0 Å². The number of nitro groups is 1. The fourth-order valence-corrected chi connectivity index (χ4v) is 2.12. The van der Waals surface area contributed by atoms with E-state index >= 15 is 0 Å². The number of carbonyl (C=O) groups is 1. The molecule has 0 aliphatic heterocycles. The van der Waals surface area contributed by atoms with E-state index in [9.17, 15) is 23.7 Å². The third-order valence-corrected chi connectivity index (χ3v) is 3.24. The monoisotopic (exact) mass is 317 g/mol. The largest absolute Gasteiger partial charge is 0.480 e. The van der Waals surface area contributed by atoms with Gasteiger partial charge in [-0.2, -0.15) is 0 Å². The van der Waals surface area contributed by atoms with Gasteiger partial charge in [0.05, 0.1) is 22.0 Å². The summed E-state index contributed by atoms with van der Waals surface area (Å²) in [6.07, 6.45) is 0. The SMILES string of the molecule is O=C(O)Cn1nnnc1Sc1c(F)cc([N+](=O)[O-])cc1F. The summed E-state index contributed by atoms with van der Waals surface area (Å²) in [6.45, 7) is -0.592. The Bertz CT molecular complexity index is 699. The molecule has 0 spiro atoms. The first-order valence-corrected chi connectivity index (χ1v) is 5.99. The molecule has 2 aromatic rings. The van der Waals surface area contributed by atoms with Crippen molar-refractivity contribution in [3.8, 4) is 0 Å². The van der Waals surface area contributed by atoms with Crippen molar-refractivity contribution in [2.45, 2.75) is 16.6 Å². The number of aliphatic carboxylic acids is 1. The lowest BCUT2D eigenvalue weighted by atomic mass is 10.3. The lowest BCUT2D eigenvalue weighted by Gasteiger charge is -2.04. The Balaban J connectivity index is 2.34. The number of tetrazole rings is 1. The summed E-state index contributed by atoms with van der Waals surface area (Å²) >= 11 is 0.427. The fourth-order valence-electron chi connectivity index (χ4n) is 1.34. The smallest absolute Gasteiger partial charge is 0.325 e. The van der Waals surface area contributed by atoms with Crippen molar-refractivity contribution in [3.05, 3.63) is 33.9 Å². The van der Waals surface area contributed by atoms with E-state index in [-0.39, 0.29) is 5.16 Å². The molecule has 1 aromatic carbocycles. The molecule has 1 aromatic heterocycles. The number of non-ortho nitro benzene ring substituents is 1. The van der Waals surface area contributed by atoms with E-state index < -0.39 is 39.7 Å². The Morgan fingerprint density at radius 1 is 1.43 bits per heavy atom. The summed E-state index contributed by atoms with van der Waals surface area (Å²) in [5.41, 5.74) is -0.737. The molecule has 0 fully saturated rings. The van der Waals surface area contributed by atoms with Crippen molar-refractivity contribution in [2.24, 2.45) is 0 Å². The maximum atomic E-state index is 13.7. The van der Waals surface area contributed by atoms with Gasteiger partial charge in [-0.05, 0) is 22.2 Å². The molecule has 9 nitrogen and oxygen atoms in total. The van der Waals surface area contributed by atoms with E-state index in [4.69, 9.17) is 5.11 Å². The van der Waals surface area contributed by atoms with E-state index in [1.807, 2.05) is 0 Å². The van der Waals surface area contributed by atoms with Gasteiger partial charge in [-0.25, -0.2) is 13.5 Å². The number of carboxylic acid groups (broad SMARTS) is 1. The van der Waals surface area contributed by atoms with E-state index in [0.717, 1.165) is 4.68 Å². The minimum Gasteiger partial charge on any atom is -0.480 e. The summed E-state index contributed by atoms with van der Waals surface area (Å²) in [5, 5.41) is 28.9. The van der Waals surface area contributed by atoms with Crippen LogP contribution < -0.4 is 0 Å². The molecule has 0 aliphatic rings. The normalized spacial score (nSPS) is 10.6. The summed E-state index contributed by atoms with van der Waals surface area (Å²) < 4.78 is 28.2. The summed E-state index contributed by atoms with van der Waals surface area (Å²) in [7, 11) is 0. The maximum absolute atomic E-state index is 13.7. The molecule has 1 N–H and O–H groups in total. The van der Waals surface area contributed by atoms with Gasteiger partial charge in [0.15, 0.2) is 0 Å². The molecule has 21 heavy (non-hydrogen) atoms. The van der Waals surface area contributed by atoms with Crippen LogP contribution in [0, 0.1) is 21.7 Å². The van der Waals surface area contributed by atoms with E-state index in [1.54, 1.807) is 0 Å². The number of carboxylic acids is 1. The topological polar surface area (TPSA) is 124 Å². The molecule has 0 saturated carbocycles. The standard InChI is InChI=1S/C9H5F2N5O4S/c10-5-1-4(16(19)20)2-6(11)8(5)21-9-12-13-14-15(9)3-7(17)18/h1-2H,3H2,(H,17,18). The highest BCUT2D eigenvalue weighted by atomic mass is 32.2. The van der Waals surface area contributed by atoms with Gasteiger partial charge in [-0.15, -0.1) is 5.10 Å². The number of nitrogens with zero attached hydrogens (tertiary/aromatic N) is 5. The molecule has 0 saturated heterocycles. The Hall–Kier alpha value is -2.63. The molecule has 0 bridgehead atoms. The molecule has 0 radical (unpaired) electrons. The molecule has 0 atom stereocenters. The van der Waals surface area contributed by atoms with E-state index in [2.05, 4.69) is 15.5 Å². The quantitative estimate of drug-likeness (QED) is 0.642. The van der Waals surface area contributed by atoms with Crippen molar-refractivity contribution < 1.29 is 23.6 Å².